The summed E-state index contributed by atoms with van der Waals surface area (Å²) in [5.41, 5.74) is 0.587. The van der Waals surface area contributed by atoms with Crippen LogP contribution in [0.4, 0.5) is 18.9 Å². The number of carbonyl (C=O) groups excluding carboxylic acids is 2. The lowest BCUT2D eigenvalue weighted by Gasteiger charge is -2.10. The first-order chi connectivity index (χ1) is 13.8. The van der Waals surface area contributed by atoms with Gasteiger partial charge in [-0.1, -0.05) is 12.1 Å². The molecule has 8 heteroatoms. The minimum Gasteiger partial charge on any atom is -0.346 e. The van der Waals surface area contributed by atoms with E-state index in [1.54, 1.807) is 36.5 Å². The monoisotopic (exact) mass is 399 g/mol. The first-order valence-corrected chi connectivity index (χ1v) is 8.60. The summed E-state index contributed by atoms with van der Waals surface area (Å²) in [4.78, 5) is 28.8. The number of rotatable bonds is 5. The van der Waals surface area contributed by atoms with Gasteiger partial charge < -0.3 is 10.6 Å². The van der Waals surface area contributed by atoms with Gasteiger partial charge in [-0.25, -0.2) is 0 Å². The zero-order chi connectivity index (χ0) is 20.9. The third-order valence-corrected chi connectivity index (χ3v) is 4.01. The predicted molar refractivity (Wildman–Crippen MR) is 101 cm³/mol. The minimum atomic E-state index is -4.44. The molecule has 1 aromatic heterocycles. The molecule has 1 heterocycles. The lowest BCUT2D eigenvalue weighted by atomic mass is 10.1. The molecule has 0 radical (unpaired) electrons. The molecule has 0 atom stereocenters. The van der Waals surface area contributed by atoms with Crippen molar-refractivity contribution in [3.8, 4) is 0 Å². The molecule has 0 aliphatic heterocycles. The zero-order valence-electron chi connectivity index (χ0n) is 15.0. The van der Waals surface area contributed by atoms with Crippen molar-refractivity contribution in [1.82, 2.24) is 10.3 Å². The van der Waals surface area contributed by atoms with Gasteiger partial charge in [0, 0.05) is 23.0 Å². The molecular weight excluding hydrogens is 383 g/mol. The van der Waals surface area contributed by atoms with Crippen molar-refractivity contribution in [1.29, 1.82) is 0 Å². The highest BCUT2D eigenvalue weighted by atomic mass is 19.4. The third kappa shape index (κ3) is 5.41. The van der Waals surface area contributed by atoms with Crippen molar-refractivity contribution in [2.24, 2.45) is 0 Å². The molecule has 0 unspecified atom stereocenters. The van der Waals surface area contributed by atoms with Gasteiger partial charge >= 0.3 is 6.18 Å². The first kappa shape index (κ1) is 20.1. The number of hydrogen-bond acceptors (Lipinski definition) is 3. The molecule has 3 rings (SSSR count). The lowest BCUT2D eigenvalue weighted by molar-refractivity contribution is -0.137. The van der Waals surface area contributed by atoms with E-state index in [0.29, 0.717) is 5.69 Å². The minimum absolute atomic E-state index is 0.204. The summed E-state index contributed by atoms with van der Waals surface area (Å²) in [5, 5.41) is 5.22. The van der Waals surface area contributed by atoms with E-state index in [-0.39, 0.29) is 29.3 Å². The van der Waals surface area contributed by atoms with Crippen LogP contribution in [0.15, 0.2) is 72.9 Å². The highest BCUT2D eigenvalue weighted by molar-refractivity contribution is 6.06. The maximum Gasteiger partial charge on any atom is 0.416 e. The van der Waals surface area contributed by atoms with Gasteiger partial charge in [0.15, 0.2) is 0 Å². The number of pyridine rings is 1. The number of carbonyl (C=O) groups is 2. The number of aromatic nitrogens is 1. The second-order valence-corrected chi connectivity index (χ2v) is 6.11. The van der Waals surface area contributed by atoms with Crippen LogP contribution in [0.5, 0.6) is 0 Å². The molecule has 5 nitrogen and oxygen atoms in total. The largest absolute Gasteiger partial charge is 0.416 e. The van der Waals surface area contributed by atoms with E-state index in [9.17, 15) is 22.8 Å². The average Bonchev–Trinajstić information content (AvgIpc) is 2.72. The number of alkyl halides is 3. The zero-order valence-corrected chi connectivity index (χ0v) is 15.0. The molecule has 2 aromatic carbocycles. The number of nitrogens with one attached hydrogen (secondary N) is 2. The van der Waals surface area contributed by atoms with E-state index < -0.39 is 17.6 Å². The summed E-state index contributed by atoms with van der Waals surface area (Å²) in [6.45, 7) is 0.238. The van der Waals surface area contributed by atoms with Crippen LogP contribution in [0.3, 0.4) is 0 Å². The number of benzene rings is 2. The molecule has 0 aliphatic rings. The summed E-state index contributed by atoms with van der Waals surface area (Å²) in [5.74, 6) is -0.913. The number of hydrogen-bond donors (Lipinski definition) is 2. The fourth-order valence-electron chi connectivity index (χ4n) is 2.52. The van der Waals surface area contributed by atoms with Gasteiger partial charge in [-0.05, 0) is 54.6 Å². The van der Waals surface area contributed by atoms with E-state index in [0.717, 1.165) is 12.1 Å². The van der Waals surface area contributed by atoms with Crippen LogP contribution in [0, 0.1) is 0 Å². The molecule has 0 saturated carbocycles. The van der Waals surface area contributed by atoms with E-state index >= 15 is 0 Å². The Kier molecular flexibility index (Phi) is 5.92. The van der Waals surface area contributed by atoms with Crippen LogP contribution in [-0.2, 0) is 12.7 Å². The standard InChI is InChI=1S/C21H16F3N3O2/c22-21(23,24)16-7-9-17(10-8-16)27-20(29)15-5-3-4-14(12-15)19(28)26-13-18-6-1-2-11-25-18/h1-12H,13H2,(H,26,28)(H,27,29). The van der Waals surface area contributed by atoms with E-state index in [1.807, 2.05) is 0 Å². The van der Waals surface area contributed by atoms with Crippen LogP contribution in [-0.4, -0.2) is 16.8 Å². The van der Waals surface area contributed by atoms with Gasteiger partial charge in [-0.2, -0.15) is 13.2 Å². The average molecular weight is 399 g/mol. The predicted octanol–water partition coefficient (Wildman–Crippen LogP) is 4.28. The molecular formula is C21H16F3N3O2. The summed E-state index contributed by atoms with van der Waals surface area (Å²) in [6, 6.07) is 15.5. The summed E-state index contributed by atoms with van der Waals surface area (Å²) in [7, 11) is 0. The SMILES string of the molecule is O=C(NCc1ccccn1)c1cccc(C(=O)Nc2ccc(C(F)(F)F)cc2)c1. The van der Waals surface area contributed by atoms with Crippen molar-refractivity contribution in [2.75, 3.05) is 5.32 Å². The van der Waals surface area contributed by atoms with Crippen LogP contribution >= 0.6 is 0 Å². The maximum absolute atomic E-state index is 12.6. The van der Waals surface area contributed by atoms with Gasteiger partial charge in [0.1, 0.15) is 0 Å². The van der Waals surface area contributed by atoms with Crippen molar-refractivity contribution in [3.05, 3.63) is 95.3 Å². The quantitative estimate of drug-likeness (QED) is 0.673. The molecule has 148 valence electrons. The highest BCUT2D eigenvalue weighted by Crippen LogP contribution is 2.29. The number of nitrogens with zero attached hydrogens (tertiary/aromatic N) is 1. The Labute approximate surface area is 164 Å². The number of anilines is 1. The fourth-order valence-corrected chi connectivity index (χ4v) is 2.52. The molecule has 0 bridgehead atoms. The van der Waals surface area contributed by atoms with Gasteiger partial charge in [0.25, 0.3) is 11.8 Å². The van der Waals surface area contributed by atoms with Gasteiger partial charge in [-0.3, -0.25) is 14.6 Å². The number of amides is 2. The molecule has 0 spiro atoms. The van der Waals surface area contributed by atoms with E-state index in [1.165, 1.54) is 24.3 Å². The molecule has 0 saturated heterocycles. The molecule has 2 amide bonds. The summed E-state index contributed by atoms with van der Waals surface area (Å²) in [6.07, 6.45) is -2.83. The second-order valence-electron chi connectivity index (χ2n) is 6.11. The Morgan fingerprint density at radius 2 is 1.55 bits per heavy atom. The van der Waals surface area contributed by atoms with Crippen LogP contribution in [0.25, 0.3) is 0 Å². The summed E-state index contributed by atoms with van der Waals surface area (Å²) < 4.78 is 37.8. The van der Waals surface area contributed by atoms with Gasteiger partial charge in [0.2, 0.25) is 0 Å². The molecule has 2 N–H and O–H groups in total. The molecule has 0 aliphatic carbocycles. The first-order valence-electron chi connectivity index (χ1n) is 8.60. The van der Waals surface area contributed by atoms with Crippen LogP contribution in [0.1, 0.15) is 32.0 Å². The van der Waals surface area contributed by atoms with Crippen molar-refractivity contribution < 1.29 is 22.8 Å². The Bertz CT molecular complexity index is 1000. The molecule has 0 fully saturated rings. The Morgan fingerprint density at radius 1 is 0.862 bits per heavy atom. The van der Waals surface area contributed by atoms with Crippen molar-refractivity contribution in [3.63, 3.8) is 0 Å². The topological polar surface area (TPSA) is 71.1 Å². The second kappa shape index (κ2) is 8.55. The lowest BCUT2D eigenvalue weighted by Crippen LogP contribution is -2.23. The smallest absolute Gasteiger partial charge is 0.346 e. The molecule has 29 heavy (non-hydrogen) atoms. The third-order valence-electron chi connectivity index (χ3n) is 4.01. The van der Waals surface area contributed by atoms with E-state index in [4.69, 9.17) is 0 Å². The normalized spacial score (nSPS) is 11.0. The summed E-state index contributed by atoms with van der Waals surface area (Å²) >= 11 is 0. The number of halogens is 3. The van der Waals surface area contributed by atoms with Crippen LogP contribution < -0.4 is 10.6 Å². The Balaban J connectivity index is 1.65. The fraction of sp³-hybridized carbons (Fsp3) is 0.0952. The maximum atomic E-state index is 12.6. The Morgan fingerprint density at radius 3 is 2.17 bits per heavy atom. The Hall–Kier alpha value is -3.68. The van der Waals surface area contributed by atoms with Crippen molar-refractivity contribution >= 4 is 17.5 Å². The molecule has 3 aromatic rings. The van der Waals surface area contributed by atoms with Crippen molar-refractivity contribution in [2.45, 2.75) is 12.7 Å². The van der Waals surface area contributed by atoms with Crippen LogP contribution in [0.2, 0.25) is 0 Å². The highest BCUT2D eigenvalue weighted by Gasteiger charge is 2.30. The van der Waals surface area contributed by atoms with E-state index in [2.05, 4.69) is 15.6 Å². The van der Waals surface area contributed by atoms with Gasteiger partial charge in [0.05, 0.1) is 17.8 Å². The van der Waals surface area contributed by atoms with Gasteiger partial charge in [-0.15, -0.1) is 0 Å².